The van der Waals surface area contributed by atoms with Crippen molar-refractivity contribution in [2.45, 2.75) is 33.6 Å². The Morgan fingerprint density at radius 1 is 1.40 bits per heavy atom. The molecular weight excluding hydrogens is 188 g/mol. The van der Waals surface area contributed by atoms with Crippen LogP contribution in [0.5, 0.6) is 0 Å². The van der Waals surface area contributed by atoms with E-state index < -0.39 is 0 Å². The smallest absolute Gasteiger partial charge is 0.269 e. The van der Waals surface area contributed by atoms with Gasteiger partial charge in [0.15, 0.2) is 0 Å². The summed E-state index contributed by atoms with van der Waals surface area (Å²) in [6, 6.07) is 5.31. The Morgan fingerprint density at radius 3 is 2.67 bits per heavy atom. The van der Waals surface area contributed by atoms with Crippen LogP contribution in [0, 0.1) is 0 Å². The van der Waals surface area contributed by atoms with Crippen LogP contribution in [0.25, 0.3) is 0 Å². The van der Waals surface area contributed by atoms with Crippen LogP contribution in [0.4, 0.5) is 0 Å². The van der Waals surface area contributed by atoms with E-state index in [2.05, 4.69) is 17.2 Å². The van der Waals surface area contributed by atoms with Crippen molar-refractivity contribution in [3.63, 3.8) is 0 Å². The summed E-state index contributed by atoms with van der Waals surface area (Å²) < 4.78 is 0. The van der Waals surface area contributed by atoms with Crippen LogP contribution >= 0.6 is 0 Å². The number of unbranched alkanes of at least 4 members (excludes halogenated alkanes) is 1. The van der Waals surface area contributed by atoms with Crippen molar-refractivity contribution >= 4 is 5.91 Å². The molecule has 0 unspecified atom stereocenters. The second-order valence-electron chi connectivity index (χ2n) is 2.82. The molecule has 1 N–H and O–H groups in total. The quantitative estimate of drug-likeness (QED) is 0.773. The van der Waals surface area contributed by atoms with Gasteiger partial charge in [0.05, 0.1) is 0 Å². The molecule has 3 nitrogen and oxygen atoms in total. The van der Waals surface area contributed by atoms with Gasteiger partial charge < -0.3 is 5.32 Å². The Kier molecular flexibility index (Phi) is 8.34. The van der Waals surface area contributed by atoms with Gasteiger partial charge in [-0.2, -0.15) is 0 Å². The van der Waals surface area contributed by atoms with Crippen molar-refractivity contribution in [3.05, 3.63) is 30.1 Å². The molecule has 0 aliphatic rings. The highest BCUT2D eigenvalue weighted by Crippen LogP contribution is 1.93. The van der Waals surface area contributed by atoms with Gasteiger partial charge in [-0.05, 0) is 18.6 Å². The lowest BCUT2D eigenvalue weighted by Crippen LogP contribution is -2.25. The van der Waals surface area contributed by atoms with Crippen molar-refractivity contribution in [2.75, 3.05) is 6.54 Å². The topological polar surface area (TPSA) is 42.0 Å². The lowest BCUT2D eigenvalue weighted by atomic mass is 10.3. The summed E-state index contributed by atoms with van der Waals surface area (Å²) in [5, 5.41) is 2.80. The van der Waals surface area contributed by atoms with Crippen molar-refractivity contribution < 1.29 is 4.79 Å². The summed E-state index contributed by atoms with van der Waals surface area (Å²) in [5.41, 5.74) is 0.485. The van der Waals surface area contributed by atoms with E-state index in [1.807, 2.05) is 19.9 Å². The first-order valence-electron chi connectivity index (χ1n) is 5.54. The molecule has 0 fully saturated rings. The Hall–Kier alpha value is -1.38. The summed E-state index contributed by atoms with van der Waals surface area (Å²) in [6.45, 7) is 6.82. The molecular formula is C12H20N2O. The van der Waals surface area contributed by atoms with Gasteiger partial charge in [-0.15, -0.1) is 0 Å². The van der Waals surface area contributed by atoms with E-state index in [-0.39, 0.29) is 5.91 Å². The average Bonchev–Trinajstić information content (AvgIpc) is 2.33. The van der Waals surface area contributed by atoms with Crippen LogP contribution < -0.4 is 5.32 Å². The van der Waals surface area contributed by atoms with Gasteiger partial charge in [0, 0.05) is 12.7 Å². The number of rotatable bonds is 4. The standard InChI is InChI=1S/C10H14N2O.C2H6/c1-2-3-7-12-10(13)9-6-4-5-8-11-9;1-2/h4-6,8H,2-3,7H2,1H3,(H,12,13);1-2H3. The van der Waals surface area contributed by atoms with Crippen molar-refractivity contribution in [3.8, 4) is 0 Å². The lowest BCUT2D eigenvalue weighted by molar-refractivity contribution is 0.0948. The van der Waals surface area contributed by atoms with Crippen molar-refractivity contribution in [1.82, 2.24) is 10.3 Å². The van der Waals surface area contributed by atoms with Gasteiger partial charge in [0.1, 0.15) is 5.69 Å². The van der Waals surface area contributed by atoms with Gasteiger partial charge in [-0.25, -0.2) is 0 Å². The Morgan fingerprint density at radius 2 is 2.13 bits per heavy atom. The van der Waals surface area contributed by atoms with E-state index in [0.29, 0.717) is 5.69 Å². The van der Waals surface area contributed by atoms with Crippen LogP contribution in [0.15, 0.2) is 24.4 Å². The van der Waals surface area contributed by atoms with Crippen molar-refractivity contribution in [2.24, 2.45) is 0 Å². The first kappa shape index (κ1) is 13.6. The fourth-order valence-corrected chi connectivity index (χ4v) is 0.966. The molecule has 1 heterocycles. The number of nitrogens with one attached hydrogen (secondary N) is 1. The number of pyridine rings is 1. The first-order valence-corrected chi connectivity index (χ1v) is 5.54. The molecule has 0 aromatic carbocycles. The second kappa shape index (κ2) is 9.19. The Labute approximate surface area is 91.9 Å². The molecule has 0 atom stereocenters. The van der Waals surface area contributed by atoms with E-state index in [9.17, 15) is 4.79 Å². The number of amides is 1. The summed E-state index contributed by atoms with van der Waals surface area (Å²) in [7, 11) is 0. The molecule has 3 heteroatoms. The second-order valence-corrected chi connectivity index (χ2v) is 2.82. The zero-order valence-corrected chi connectivity index (χ0v) is 9.79. The van der Waals surface area contributed by atoms with Crippen LogP contribution in [0.2, 0.25) is 0 Å². The number of hydrogen-bond acceptors (Lipinski definition) is 2. The van der Waals surface area contributed by atoms with Gasteiger partial charge in [0.2, 0.25) is 0 Å². The minimum absolute atomic E-state index is 0.0888. The molecule has 0 saturated heterocycles. The molecule has 1 amide bonds. The number of hydrogen-bond donors (Lipinski definition) is 1. The minimum Gasteiger partial charge on any atom is -0.351 e. The number of nitrogens with zero attached hydrogens (tertiary/aromatic N) is 1. The largest absolute Gasteiger partial charge is 0.351 e. The molecule has 15 heavy (non-hydrogen) atoms. The number of carbonyl (C=O) groups is 1. The van der Waals surface area contributed by atoms with E-state index in [1.165, 1.54) is 0 Å². The third-order valence-electron chi connectivity index (χ3n) is 1.71. The summed E-state index contributed by atoms with van der Waals surface area (Å²) in [6.07, 6.45) is 3.72. The van der Waals surface area contributed by atoms with Gasteiger partial charge >= 0.3 is 0 Å². The minimum atomic E-state index is -0.0888. The fourth-order valence-electron chi connectivity index (χ4n) is 0.966. The maximum absolute atomic E-state index is 11.3. The zero-order valence-electron chi connectivity index (χ0n) is 9.79. The molecule has 0 aliphatic carbocycles. The summed E-state index contributed by atoms with van der Waals surface area (Å²) in [4.78, 5) is 15.3. The van der Waals surface area contributed by atoms with Crippen LogP contribution in [0.1, 0.15) is 44.1 Å². The molecule has 0 bridgehead atoms. The van der Waals surface area contributed by atoms with Crippen LogP contribution in [-0.4, -0.2) is 17.4 Å². The van der Waals surface area contributed by atoms with Gasteiger partial charge in [-0.1, -0.05) is 33.3 Å². The predicted octanol–water partition coefficient (Wildman–Crippen LogP) is 2.64. The zero-order chi connectivity index (χ0) is 11.5. The number of aromatic nitrogens is 1. The Bertz CT molecular complexity index is 260. The van der Waals surface area contributed by atoms with E-state index in [1.54, 1.807) is 18.3 Å². The summed E-state index contributed by atoms with van der Waals surface area (Å²) in [5.74, 6) is -0.0888. The molecule has 1 aromatic heterocycles. The monoisotopic (exact) mass is 208 g/mol. The fraction of sp³-hybridized carbons (Fsp3) is 0.500. The maximum atomic E-state index is 11.3. The van der Waals surface area contributed by atoms with Crippen LogP contribution in [0.3, 0.4) is 0 Å². The third kappa shape index (κ3) is 5.83. The molecule has 0 spiro atoms. The molecule has 1 rings (SSSR count). The van der Waals surface area contributed by atoms with E-state index >= 15 is 0 Å². The molecule has 84 valence electrons. The van der Waals surface area contributed by atoms with Gasteiger partial charge in [-0.3, -0.25) is 9.78 Å². The molecule has 0 radical (unpaired) electrons. The van der Waals surface area contributed by atoms with Gasteiger partial charge in [0.25, 0.3) is 5.91 Å². The molecule has 0 saturated carbocycles. The normalized spacial score (nSPS) is 8.73. The third-order valence-corrected chi connectivity index (χ3v) is 1.71. The summed E-state index contributed by atoms with van der Waals surface area (Å²) >= 11 is 0. The molecule has 0 aliphatic heterocycles. The van der Waals surface area contributed by atoms with E-state index in [0.717, 1.165) is 19.4 Å². The highest BCUT2D eigenvalue weighted by molar-refractivity contribution is 5.92. The van der Waals surface area contributed by atoms with Crippen molar-refractivity contribution in [1.29, 1.82) is 0 Å². The first-order chi connectivity index (χ1) is 7.34. The predicted molar refractivity (Wildman–Crippen MR) is 62.8 cm³/mol. The highest BCUT2D eigenvalue weighted by Gasteiger charge is 2.03. The average molecular weight is 208 g/mol. The van der Waals surface area contributed by atoms with Crippen LogP contribution in [-0.2, 0) is 0 Å². The highest BCUT2D eigenvalue weighted by atomic mass is 16.1. The lowest BCUT2D eigenvalue weighted by Gasteiger charge is -2.02. The van der Waals surface area contributed by atoms with E-state index in [4.69, 9.17) is 0 Å². The Balaban J connectivity index is 0.000000921. The SMILES string of the molecule is CC.CCCCNC(=O)c1ccccn1. The molecule has 1 aromatic rings. The maximum Gasteiger partial charge on any atom is 0.269 e. The number of carbonyl (C=O) groups excluding carboxylic acids is 1.